The van der Waals surface area contributed by atoms with Gasteiger partial charge in [0.2, 0.25) is 0 Å². The van der Waals surface area contributed by atoms with Crippen molar-refractivity contribution in [3.05, 3.63) is 0 Å². The standard InChI is InChI=1S/C17H36N2S/c1-4-7-8-9-10-11-12-13-16-20-19(15-6-3)17-18-14-5-2/h17H,4-16H2,1-3H3. The zero-order valence-corrected chi connectivity index (χ0v) is 14.9. The first kappa shape index (κ1) is 19.8. The molecule has 0 aromatic carbocycles. The summed E-state index contributed by atoms with van der Waals surface area (Å²) in [6, 6.07) is 0. The summed E-state index contributed by atoms with van der Waals surface area (Å²) < 4.78 is 2.32. The summed E-state index contributed by atoms with van der Waals surface area (Å²) in [5, 5.41) is 0. The van der Waals surface area contributed by atoms with Gasteiger partial charge in [-0.3, -0.25) is 4.99 Å². The Hall–Kier alpha value is -0.180. The molecule has 0 radical (unpaired) electrons. The van der Waals surface area contributed by atoms with E-state index < -0.39 is 0 Å². The maximum absolute atomic E-state index is 4.45. The van der Waals surface area contributed by atoms with Gasteiger partial charge in [-0.25, -0.2) is 0 Å². The normalized spacial score (nSPS) is 11.3. The molecule has 3 heteroatoms. The van der Waals surface area contributed by atoms with Gasteiger partial charge in [-0.05, 0) is 31.2 Å². The number of hydrogen-bond acceptors (Lipinski definition) is 2. The molecule has 0 aliphatic rings. The molecule has 0 spiro atoms. The molecule has 0 fully saturated rings. The summed E-state index contributed by atoms with van der Waals surface area (Å²) in [6.07, 6.45) is 15.6. The highest BCUT2D eigenvalue weighted by Crippen LogP contribution is 2.14. The van der Waals surface area contributed by atoms with Crippen LogP contribution in [0.15, 0.2) is 4.99 Å². The average Bonchev–Trinajstić information content (AvgIpc) is 2.45. The van der Waals surface area contributed by atoms with Crippen LogP contribution in [0.5, 0.6) is 0 Å². The van der Waals surface area contributed by atoms with Gasteiger partial charge in [-0.1, -0.05) is 65.7 Å². The third-order valence-corrected chi connectivity index (χ3v) is 4.34. The summed E-state index contributed by atoms with van der Waals surface area (Å²) in [6.45, 7) is 8.77. The minimum absolute atomic E-state index is 0.957. The highest BCUT2D eigenvalue weighted by Gasteiger charge is 1.99. The van der Waals surface area contributed by atoms with Gasteiger partial charge in [-0.15, -0.1) is 0 Å². The average molecular weight is 301 g/mol. The number of unbranched alkanes of at least 4 members (excludes halogenated alkanes) is 7. The fourth-order valence-electron chi connectivity index (χ4n) is 2.07. The summed E-state index contributed by atoms with van der Waals surface area (Å²) >= 11 is 1.95. The first-order valence-corrected chi connectivity index (χ1v) is 9.68. The van der Waals surface area contributed by atoms with Crippen molar-refractivity contribution in [3.63, 3.8) is 0 Å². The highest BCUT2D eigenvalue weighted by atomic mass is 32.2. The SMILES string of the molecule is CCCCCCCCCCSN(C=NCCC)CCC. The number of aliphatic imine (C=N–C) groups is 1. The van der Waals surface area contributed by atoms with E-state index in [1.807, 2.05) is 18.3 Å². The van der Waals surface area contributed by atoms with Crippen LogP contribution < -0.4 is 0 Å². The summed E-state index contributed by atoms with van der Waals surface area (Å²) in [5.41, 5.74) is 0. The van der Waals surface area contributed by atoms with Gasteiger partial charge in [0.15, 0.2) is 0 Å². The lowest BCUT2D eigenvalue weighted by atomic mass is 10.1. The number of rotatable bonds is 15. The van der Waals surface area contributed by atoms with Gasteiger partial charge in [0, 0.05) is 18.8 Å². The molecule has 20 heavy (non-hydrogen) atoms. The maximum Gasteiger partial charge on any atom is 0.0949 e. The van der Waals surface area contributed by atoms with Crippen LogP contribution in [0.1, 0.15) is 85.0 Å². The Balaban J connectivity index is 3.44. The predicted molar refractivity (Wildman–Crippen MR) is 95.7 cm³/mol. The second-order valence-electron chi connectivity index (χ2n) is 5.47. The Kier molecular flexibility index (Phi) is 16.7. The van der Waals surface area contributed by atoms with Crippen molar-refractivity contribution in [1.29, 1.82) is 0 Å². The number of nitrogens with zero attached hydrogens (tertiary/aromatic N) is 2. The molecule has 0 amide bonds. The molecule has 0 aliphatic heterocycles. The van der Waals surface area contributed by atoms with Crippen molar-refractivity contribution < 1.29 is 0 Å². The Morgan fingerprint density at radius 2 is 1.45 bits per heavy atom. The maximum atomic E-state index is 4.45. The zero-order chi connectivity index (χ0) is 14.9. The second kappa shape index (κ2) is 16.9. The summed E-state index contributed by atoms with van der Waals surface area (Å²) in [7, 11) is 0. The second-order valence-corrected chi connectivity index (χ2v) is 6.61. The third kappa shape index (κ3) is 14.2. The topological polar surface area (TPSA) is 15.6 Å². The molecule has 0 unspecified atom stereocenters. The van der Waals surface area contributed by atoms with Crippen LogP contribution in [0.3, 0.4) is 0 Å². The van der Waals surface area contributed by atoms with E-state index in [1.54, 1.807) is 0 Å². The van der Waals surface area contributed by atoms with E-state index in [1.165, 1.54) is 63.5 Å². The largest absolute Gasteiger partial charge is 0.307 e. The molecule has 120 valence electrons. The third-order valence-electron chi connectivity index (χ3n) is 3.26. The molecular formula is C17H36N2S. The Labute approximate surface area is 131 Å². The van der Waals surface area contributed by atoms with Gasteiger partial charge in [0.25, 0.3) is 0 Å². The fraction of sp³-hybridized carbons (Fsp3) is 0.941. The van der Waals surface area contributed by atoms with Crippen LogP contribution in [0.4, 0.5) is 0 Å². The molecule has 0 saturated heterocycles. The molecule has 0 atom stereocenters. The highest BCUT2D eigenvalue weighted by molar-refractivity contribution is 7.97. The van der Waals surface area contributed by atoms with Gasteiger partial charge in [-0.2, -0.15) is 0 Å². The van der Waals surface area contributed by atoms with Crippen LogP contribution in [0, 0.1) is 0 Å². The lowest BCUT2D eigenvalue weighted by Crippen LogP contribution is -2.15. The van der Waals surface area contributed by atoms with E-state index in [2.05, 4.69) is 30.1 Å². The van der Waals surface area contributed by atoms with Gasteiger partial charge in [0.05, 0.1) is 6.34 Å². The van der Waals surface area contributed by atoms with Crippen molar-refractivity contribution in [2.45, 2.75) is 85.0 Å². The zero-order valence-electron chi connectivity index (χ0n) is 14.1. The van der Waals surface area contributed by atoms with E-state index in [-0.39, 0.29) is 0 Å². The molecule has 0 rings (SSSR count). The van der Waals surface area contributed by atoms with Crippen molar-refractivity contribution in [2.75, 3.05) is 18.8 Å². The first-order chi connectivity index (χ1) is 9.85. The Bertz CT molecular complexity index is 207. The summed E-state index contributed by atoms with van der Waals surface area (Å²) in [4.78, 5) is 4.45. The van der Waals surface area contributed by atoms with Crippen molar-refractivity contribution in [1.82, 2.24) is 4.31 Å². The van der Waals surface area contributed by atoms with Gasteiger partial charge in [0.1, 0.15) is 0 Å². The predicted octanol–water partition coefficient (Wildman–Crippen LogP) is 5.93. The lowest BCUT2D eigenvalue weighted by molar-refractivity contribution is 0.585. The van der Waals surface area contributed by atoms with E-state index >= 15 is 0 Å². The molecule has 0 bridgehead atoms. The molecule has 0 heterocycles. The Morgan fingerprint density at radius 1 is 0.800 bits per heavy atom. The first-order valence-electron chi connectivity index (χ1n) is 8.74. The molecular weight excluding hydrogens is 264 g/mol. The number of hydrogen-bond donors (Lipinski definition) is 0. The minimum Gasteiger partial charge on any atom is -0.307 e. The Morgan fingerprint density at radius 3 is 2.05 bits per heavy atom. The van der Waals surface area contributed by atoms with E-state index in [4.69, 9.17) is 0 Å². The van der Waals surface area contributed by atoms with Crippen LogP contribution >= 0.6 is 11.9 Å². The van der Waals surface area contributed by atoms with Crippen LogP contribution in [0.2, 0.25) is 0 Å². The molecule has 0 saturated carbocycles. The molecule has 0 aromatic rings. The fourth-order valence-corrected chi connectivity index (χ4v) is 3.08. The molecule has 0 aliphatic carbocycles. The monoisotopic (exact) mass is 300 g/mol. The minimum atomic E-state index is 0.957. The van der Waals surface area contributed by atoms with Crippen molar-refractivity contribution in [2.24, 2.45) is 4.99 Å². The van der Waals surface area contributed by atoms with E-state index in [0.717, 1.165) is 19.5 Å². The molecule has 2 nitrogen and oxygen atoms in total. The van der Waals surface area contributed by atoms with Gasteiger partial charge < -0.3 is 4.31 Å². The van der Waals surface area contributed by atoms with Crippen LogP contribution in [-0.4, -0.2) is 29.5 Å². The van der Waals surface area contributed by atoms with Crippen LogP contribution in [-0.2, 0) is 0 Å². The molecule has 0 N–H and O–H groups in total. The van der Waals surface area contributed by atoms with E-state index in [0.29, 0.717) is 0 Å². The molecule has 0 aromatic heterocycles. The lowest BCUT2D eigenvalue weighted by Gasteiger charge is -2.17. The van der Waals surface area contributed by atoms with Crippen LogP contribution in [0.25, 0.3) is 0 Å². The smallest absolute Gasteiger partial charge is 0.0949 e. The van der Waals surface area contributed by atoms with Gasteiger partial charge >= 0.3 is 0 Å². The van der Waals surface area contributed by atoms with Crippen molar-refractivity contribution in [3.8, 4) is 0 Å². The quantitative estimate of drug-likeness (QED) is 0.161. The van der Waals surface area contributed by atoms with Crippen molar-refractivity contribution >= 4 is 18.3 Å². The summed E-state index contributed by atoms with van der Waals surface area (Å²) in [5.74, 6) is 1.24. The van der Waals surface area contributed by atoms with E-state index in [9.17, 15) is 0 Å².